The summed E-state index contributed by atoms with van der Waals surface area (Å²) in [5.41, 5.74) is 4.52. The van der Waals surface area contributed by atoms with Crippen molar-refractivity contribution in [1.29, 1.82) is 0 Å². The fraction of sp³-hybridized carbons (Fsp3) is 0.526. The van der Waals surface area contributed by atoms with Crippen molar-refractivity contribution in [2.75, 3.05) is 32.9 Å². The van der Waals surface area contributed by atoms with Crippen LogP contribution in [0.15, 0.2) is 30.6 Å². The summed E-state index contributed by atoms with van der Waals surface area (Å²) >= 11 is 0. The van der Waals surface area contributed by atoms with Crippen molar-refractivity contribution in [2.45, 2.75) is 26.5 Å². The van der Waals surface area contributed by atoms with Crippen molar-refractivity contribution in [2.24, 2.45) is 5.92 Å². The molecular weight excluding hydrogens is 364 g/mol. The van der Waals surface area contributed by atoms with Crippen LogP contribution in [0.2, 0.25) is 0 Å². The smallest absolute Gasteiger partial charge is 0.214 e. The highest BCUT2D eigenvalue weighted by Crippen LogP contribution is 2.22. The highest BCUT2D eigenvalue weighted by Gasteiger charge is 2.35. The molecule has 0 aliphatic carbocycles. The van der Waals surface area contributed by atoms with E-state index >= 15 is 0 Å². The lowest BCUT2D eigenvalue weighted by atomic mass is 10.1. The van der Waals surface area contributed by atoms with E-state index in [1.807, 2.05) is 23.1 Å². The highest BCUT2D eigenvalue weighted by molar-refractivity contribution is 7.89. The molecule has 0 radical (unpaired) electrons. The summed E-state index contributed by atoms with van der Waals surface area (Å²) in [4.78, 5) is 2.09. The maximum absolute atomic E-state index is 12.1. The lowest BCUT2D eigenvalue weighted by molar-refractivity contribution is 0.148. The molecule has 0 spiro atoms. The molecule has 1 saturated heterocycles. The zero-order valence-corrected chi connectivity index (χ0v) is 17.1. The maximum atomic E-state index is 12.1. The van der Waals surface area contributed by atoms with Gasteiger partial charge in [-0.2, -0.15) is 5.10 Å². The number of rotatable bonds is 6. The van der Waals surface area contributed by atoms with E-state index in [0.717, 1.165) is 11.3 Å². The Morgan fingerprint density at radius 3 is 2.63 bits per heavy atom. The molecule has 1 aliphatic rings. The summed E-state index contributed by atoms with van der Waals surface area (Å²) in [5.74, 6) is -0.299. The summed E-state index contributed by atoms with van der Waals surface area (Å²) in [6.45, 7) is 5.84. The molecule has 2 unspecified atom stereocenters. The molecule has 1 N–H and O–H groups in total. The minimum absolute atomic E-state index is 0.0282. The number of likely N-dealkylation sites (tertiary alicyclic amines) is 1. The second-order valence-electron chi connectivity index (χ2n) is 7.64. The topological polar surface area (TPSA) is 78.7 Å². The van der Waals surface area contributed by atoms with Gasteiger partial charge < -0.3 is 5.11 Å². The average Bonchev–Trinajstić information content (AvgIpc) is 3.17. The van der Waals surface area contributed by atoms with E-state index in [4.69, 9.17) is 0 Å². The summed E-state index contributed by atoms with van der Waals surface area (Å²) in [5, 5.41) is 14.7. The van der Waals surface area contributed by atoms with E-state index in [1.54, 1.807) is 0 Å². The molecule has 0 saturated carbocycles. The average molecular weight is 393 g/mol. The molecular formula is C19H28N4O3S. The number of β-amino-alcohol motifs (C(OH)–C–C–N with tert-alkyl or cyclic N) is 1. The van der Waals surface area contributed by atoms with E-state index in [0.29, 0.717) is 19.6 Å². The predicted molar refractivity (Wildman–Crippen MR) is 105 cm³/mol. The first kappa shape index (κ1) is 20.0. The molecule has 1 aromatic heterocycles. The fourth-order valence-corrected chi connectivity index (χ4v) is 4.53. The van der Waals surface area contributed by atoms with Crippen molar-refractivity contribution in [3.8, 4) is 5.69 Å². The molecule has 1 aliphatic heterocycles. The van der Waals surface area contributed by atoms with Gasteiger partial charge in [0.15, 0.2) is 0 Å². The number of aromatic nitrogens is 2. The van der Waals surface area contributed by atoms with E-state index < -0.39 is 16.1 Å². The Balaban J connectivity index is 1.65. The van der Waals surface area contributed by atoms with Crippen LogP contribution in [0.1, 0.15) is 16.7 Å². The number of aliphatic hydroxyl groups excluding tert-OH is 1. The Bertz CT molecular complexity index is 907. The van der Waals surface area contributed by atoms with Gasteiger partial charge in [0.05, 0.1) is 23.7 Å². The summed E-state index contributed by atoms with van der Waals surface area (Å²) in [7, 11) is -0.273. The van der Waals surface area contributed by atoms with E-state index in [-0.39, 0.29) is 11.7 Å². The molecule has 3 rings (SSSR count). The quantitative estimate of drug-likeness (QED) is 0.799. The SMILES string of the molecule is Cc1ccc(-n2cc(CN3CC(O)C(CS(=O)(=O)N(C)C)C3)cn2)cc1C. The van der Waals surface area contributed by atoms with E-state index in [9.17, 15) is 13.5 Å². The van der Waals surface area contributed by atoms with Gasteiger partial charge in [0.2, 0.25) is 10.0 Å². The van der Waals surface area contributed by atoms with Crippen LogP contribution in [0.25, 0.3) is 5.69 Å². The molecule has 2 aromatic rings. The Labute approximate surface area is 161 Å². The van der Waals surface area contributed by atoms with Crippen LogP contribution in [0, 0.1) is 19.8 Å². The Kier molecular flexibility index (Phi) is 5.71. The first-order valence-electron chi connectivity index (χ1n) is 9.07. The van der Waals surface area contributed by atoms with Gasteiger partial charge in [-0.15, -0.1) is 0 Å². The largest absolute Gasteiger partial charge is 0.391 e. The van der Waals surface area contributed by atoms with Crippen molar-refractivity contribution in [3.05, 3.63) is 47.3 Å². The lowest BCUT2D eigenvalue weighted by Crippen LogP contribution is -2.33. The second-order valence-corrected chi connectivity index (χ2v) is 9.87. The molecule has 1 fully saturated rings. The number of sulfonamides is 1. The molecule has 7 nitrogen and oxygen atoms in total. The van der Waals surface area contributed by atoms with Gasteiger partial charge in [0, 0.05) is 51.4 Å². The van der Waals surface area contributed by atoms with Gasteiger partial charge in [-0.1, -0.05) is 6.07 Å². The van der Waals surface area contributed by atoms with E-state index in [2.05, 4.69) is 36.0 Å². The molecule has 2 heterocycles. The van der Waals surface area contributed by atoms with Crippen molar-refractivity contribution in [3.63, 3.8) is 0 Å². The molecule has 27 heavy (non-hydrogen) atoms. The molecule has 8 heteroatoms. The van der Waals surface area contributed by atoms with Crippen molar-refractivity contribution >= 4 is 10.0 Å². The number of nitrogens with zero attached hydrogens (tertiary/aromatic N) is 4. The minimum Gasteiger partial charge on any atom is -0.391 e. The number of aliphatic hydroxyl groups is 1. The summed E-state index contributed by atoms with van der Waals surface area (Å²) in [6, 6.07) is 6.23. The third-order valence-electron chi connectivity index (χ3n) is 5.26. The first-order chi connectivity index (χ1) is 12.7. The third-order valence-corrected chi connectivity index (χ3v) is 7.22. The molecule has 2 atom stereocenters. The number of hydrogen-bond acceptors (Lipinski definition) is 5. The van der Waals surface area contributed by atoms with Crippen LogP contribution < -0.4 is 0 Å². The van der Waals surface area contributed by atoms with Crippen molar-refractivity contribution in [1.82, 2.24) is 19.0 Å². The van der Waals surface area contributed by atoms with Gasteiger partial charge in [0.25, 0.3) is 0 Å². The zero-order chi connectivity index (χ0) is 19.8. The van der Waals surface area contributed by atoms with Gasteiger partial charge in [-0.05, 0) is 37.1 Å². The first-order valence-corrected chi connectivity index (χ1v) is 10.7. The highest BCUT2D eigenvalue weighted by atomic mass is 32.2. The van der Waals surface area contributed by atoms with Gasteiger partial charge in [-0.25, -0.2) is 17.4 Å². The third kappa shape index (κ3) is 4.57. The fourth-order valence-electron chi connectivity index (χ4n) is 3.36. The van der Waals surface area contributed by atoms with Gasteiger partial charge in [0.1, 0.15) is 0 Å². The second kappa shape index (κ2) is 7.71. The molecule has 0 amide bonds. The van der Waals surface area contributed by atoms with E-state index in [1.165, 1.54) is 29.5 Å². The standard InChI is InChI=1S/C19H28N4O3S/c1-14-5-6-18(7-15(14)2)23-10-16(8-20-23)9-22-11-17(19(24)12-22)13-27(25,26)21(3)4/h5-8,10,17,19,24H,9,11-13H2,1-4H3. The van der Waals surface area contributed by atoms with Crippen LogP contribution in [0.5, 0.6) is 0 Å². The Hall–Kier alpha value is -1.74. The summed E-state index contributed by atoms with van der Waals surface area (Å²) in [6.07, 6.45) is 3.18. The Morgan fingerprint density at radius 2 is 1.96 bits per heavy atom. The zero-order valence-electron chi connectivity index (χ0n) is 16.3. The van der Waals surface area contributed by atoms with Crippen LogP contribution in [0.4, 0.5) is 0 Å². The molecule has 148 valence electrons. The predicted octanol–water partition coefficient (Wildman–Crippen LogP) is 1.17. The Morgan fingerprint density at radius 1 is 1.22 bits per heavy atom. The maximum Gasteiger partial charge on any atom is 0.214 e. The number of hydrogen-bond donors (Lipinski definition) is 1. The van der Waals surface area contributed by atoms with Crippen LogP contribution in [-0.4, -0.2) is 71.6 Å². The molecule has 0 bridgehead atoms. The normalized spacial score (nSPS) is 21.3. The van der Waals surface area contributed by atoms with Crippen LogP contribution >= 0.6 is 0 Å². The lowest BCUT2D eigenvalue weighted by Gasteiger charge is -2.17. The van der Waals surface area contributed by atoms with Gasteiger partial charge in [-0.3, -0.25) is 4.90 Å². The number of benzene rings is 1. The minimum atomic E-state index is -3.32. The van der Waals surface area contributed by atoms with Crippen LogP contribution in [-0.2, 0) is 16.6 Å². The van der Waals surface area contributed by atoms with Crippen molar-refractivity contribution < 1.29 is 13.5 Å². The van der Waals surface area contributed by atoms with Gasteiger partial charge >= 0.3 is 0 Å². The monoisotopic (exact) mass is 392 g/mol. The molecule has 1 aromatic carbocycles. The van der Waals surface area contributed by atoms with Crippen LogP contribution in [0.3, 0.4) is 0 Å². The number of aryl methyl sites for hydroxylation is 2. The summed E-state index contributed by atoms with van der Waals surface area (Å²) < 4.78 is 27.3.